The number of aliphatic hydroxyl groups excluding tert-OH is 1. The number of anilines is 1. The molecule has 1 aliphatic rings. The van der Waals surface area contributed by atoms with Crippen LogP contribution in [0.2, 0.25) is 0 Å². The van der Waals surface area contributed by atoms with Crippen LogP contribution in [0.4, 0.5) is 5.69 Å². The zero-order chi connectivity index (χ0) is 21.4. The Kier molecular flexibility index (Phi) is 15.7. The zero-order valence-corrected chi connectivity index (χ0v) is 19.2. The number of carbonyl (C=O) groups is 1. The molecule has 1 aromatic rings. The molecule has 28 heavy (non-hydrogen) atoms. The summed E-state index contributed by atoms with van der Waals surface area (Å²) >= 11 is 0. The van der Waals surface area contributed by atoms with Gasteiger partial charge in [-0.2, -0.15) is 0 Å². The van der Waals surface area contributed by atoms with E-state index in [0.29, 0.717) is 0 Å². The Morgan fingerprint density at radius 1 is 0.929 bits per heavy atom. The van der Waals surface area contributed by atoms with Crippen LogP contribution in [0.25, 0.3) is 0 Å². The highest BCUT2D eigenvalue weighted by molar-refractivity contribution is 5.97. The minimum atomic E-state index is 0.0407. The van der Waals surface area contributed by atoms with Crippen molar-refractivity contribution in [2.75, 3.05) is 37.8 Å². The largest absolute Gasteiger partial charge is 0.381 e. The van der Waals surface area contributed by atoms with E-state index >= 15 is 0 Å². The summed E-state index contributed by atoms with van der Waals surface area (Å²) < 4.78 is 0. The molecule has 162 valence electrons. The lowest BCUT2D eigenvalue weighted by Gasteiger charge is -2.35. The predicted molar refractivity (Wildman–Crippen MR) is 122 cm³/mol. The molecule has 4 nitrogen and oxygen atoms in total. The van der Waals surface area contributed by atoms with Gasteiger partial charge in [-0.25, -0.2) is 0 Å². The fourth-order valence-corrected chi connectivity index (χ4v) is 2.99. The van der Waals surface area contributed by atoms with Crippen LogP contribution >= 0.6 is 0 Å². The van der Waals surface area contributed by atoms with Crippen molar-refractivity contribution in [1.82, 2.24) is 4.90 Å². The summed E-state index contributed by atoms with van der Waals surface area (Å²) in [4.78, 5) is 16.2. The molecule has 2 rings (SSSR count). The number of carbonyl (C=O) groups excluding carboxylic acids is 1. The molecule has 0 bridgehead atoms. The number of Topliss-reactive ketones (excluding diaryl/α,β-unsaturated/α-hetero) is 1. The second kappa shape index (κ2) is 16.6. The zero-order valence-electron chi connectivity index (χ0n) is 19.2. The summed E-state index contributed by atoms with van der Waals surface area (Å²) in [6.45, 7) is 16.1. The van der Waals surface area contributed by atoms with E-state index in [4.69, 9.17) is 5.11 Å². The number of hydrogen-bond acceptors (Lipinski definition) is 4. The van der Waals surface area contributed by atoms with Crippen molar-refractivity contribution in [1.29, 1.82) is 0 Å². The first kappa shape index (κ1) is 26.6. The topological polar surface area (TPSA) is 43.8 Å². The van der Waals surface area contributed by atoms with Crippen LogP contribution < -0.4 is 4.90 Å². The Hall–Kier alpha value is -1.39. The third kappa shape index (κ3) is 10.2. The van der Waals surface area contributed by atoms with Gasteiger partial charge in [-0.05, 0) is 24.3 Å². The van der Waals surface area contributed by atoms with Crippen molar-refractivity contribution in [3.8, 4) is 0 Å². The monoisotopic (exact) mass is 392 g/mol. The van der Waals surface area contributed by atoms with Gasteiger partial charge in [0.2, 0.25) is 0 Å². The third-order valence-electron chi connectivity index (χ3n) is 4.82. The van der Waals surface area contributed by atoms with E-state index < -0.39 is 0 Å². The van der Waals surface area contributed by atoms with Gasteiger partial charge in [0.15, 0.2) is 5.78 Å². The summed E-state index contributed by atoms with van der Waals surface area (Å²) in [5, 5.41) is 9.07. The van der Waals surface area contributed by atoms with Crippen LogP contribution in [0.3, 0.4) is 0 Å². The van der Waals surface area contributed by atoms with E-state index in [1.165, 1.54) is 32.1 Å². The Morgan fingerprint density at radius 3 is 1.82 bits per heavy atom. The van der Waals surface area contributed by atoms with Crippen molar-refractivity contribution in [2.45, 2.75) is 73.6 Å². The molecule has 0 aromatic heterocycles. The summed E-state index contributed by atoms with van der Waals surface area (Å²) in [5.74, 6) is 0.232. The first-order valence-electron chi connectivity index (χ1n) is 11.3. The highest BCUT2D eigenvalue weighted by Crippen LogP contribution is 2.18. The first-order valence-corrected chi connectivity index (χ1v) is 11.3. The van der Waals surface area contributed by atoms with E-state index in [0.717, 1.165) is 37.4 Å². The van der Waals surface area contributed by atoms with Crippen molar-refractivity contribution in [2.24, 2.45) is 5.92 Å². The molecule has 0 unspecified atom stereocenters. The number of aliphatic hydroxyl groups is 1. The average molecular weight is 393 g/mol. The number of rotatable bonds is 8. The molecule has 0 atom stereocenters. The van der Waals surface area contributed by atoms with Gasteiger partial charge in [0.1, 0.15) is 0 Å². The van der Waals surface area contributed by atoms with Gasteiger partial charge in [0.05, 0.1) is 6.73 Å². The molecule has 0 spiro atoms. The smallest absolute Gasteiger partial charge is 0.165 e. The second-order valence-electron chi connectivity index (χ2n) is 7.37. The van der Waals surface area contributed by atoms with Crippen LogP contribution in [-0.4, -0.2) is 48.7 Å². The van der Waals surface area contributed by atoms with E-state index in [-0.39, 0.29) is 18.4 Å². The van der Waals surface area contributed by atoms with Gasteiger partial charge in [0, 0.05) is 43.3 Å². The van der Waals surface area contributed by atoms with Gasteiger partial charge in [-0.3, -0.25) is 9.69 Å². The van der Waals surface area contributed by atoms with Crippen molar-refractivity contribution >= 4 is 11.5 Å². The molecular weight excluding hydrogens is 348 g/mol. The quantitative estimate of drug-likeness (QED) is 0.462. The van der Waals surface area contributed by atoms with E-state index in [9.17, 15) is 4.79 Å². The molecule has 1 aromatic carbocycles. The molecule has 0 aliphatic carbocycles. The normalized spacial score (nSPS) is 14.1. The predicted octanol–water partition coefficient (Wildman–Crippen LogP) is 5.60. The number of ketones is 1. The maximum absolute atomic E-state index is 11.9. The maximum atomic E-state index is 11.9. The second-order valence-corrected chi connectivity index (χ2v) is 7.37. The Morgan fingerprint density at radius 2 is 1.43 bits per heavy atom. The summed E-state index contributed by atoms with van der Waals surface area (Å²) in [7, 11) is 0. The Balaban J connectivity index is 0.000000688. The minimum absolute atomic E-state index is 0.0407. The standard InChI is InChI=1S/C15H22N2O2.C7H16.C2H6/c1-12(2)15(19)13-3-5-14(6-4-13)17-9-7-16(11-18)8-10-17;1-3-5-7-6-4-2;1-2/h3-6,12,18H,7-11H2,1-2H3;3-7H2,1-2H3;1-2H3. The molecule has 4 heteroatoms. The Labute approximate surface area is 173 Å². The summed E-state index contributed by atoms with van der Waals surface area (Å²) in [6, 6.07) is 7.86. The SMILES string of the molecule is CC.CC(C)C(=O)c1ccc(N2CCN(CO)CC2)cc1.CCCCCCC. The van der Waals surface area contributed by atoms with Crippen molar-refractivity contribution in [3.05, 3.63) is 29.8 Å². The number of unbranched alkanes of at least 4 members (excludes halogenated alkanes) is 4. The fourth-order valence-electron chi connectivity index (χ4n) is 2.99. The third-order valence-corrected chi connectivity index (χ3v) is 4.82. The van der Waals surface area contributed by atoms with E-state index in [2.05, 4.69) is 18.7 Å². The number of nitrogens with zero attached hydrogens (tertiary/aromatic N) is 2. The minimum Gasteiger partial charge on any atom is -0.381 e. The van der Waals surface area contributed by atoms with Gasteiger partial charge in [0.25, 0.3) is 0 Å². The lowest BCUT2D eigenvalue weighted by molar-refractivity contribution is 0.0939. The molecule has 0 saturated carbocycles. The summed E-state index contributed by atoms with van der Waals surface area (Å²) in [6.07, 6.45) is 7.01. The molecule has 0 amide bonds. The van der Waals surface area contributed by atoms with E-state index in [1.807, 2.05) is 56.9 Å². The average Bonchev–Trinajstić information content (AvgIpc) is 2.75. The highest BCUT2D eigenvalue weighted by atomic mass is 16.3. The lowest BCUT2D eigenvalue weighted by Crippen LogP contribution is -2.46. The molecule has 1 fully saturated rings. The van der Waals surface area contributed by atoms with Gasteiger partial charge in [-0.1, -0.05) is 73.6 Å². The van der Waals surface area contributed by atoms with Gasteiger partial charge >= 0.3 is 0 Å². The fraction of sp³-hybridized carbons (Fsp3) is 0.708. The van der Waals surface area contributed by atoms with Gasteiger partial charge in [-0.15, -0.1) is 0 Å². The first-order chi connectivity index (χ1) is 13.5. The molecule has 0 radical (unpaired) electrons. The summed E-state index contributed by atoms with van der Waals surface area (Å²) in [5.41, 5.74) is 1.94. The van der Waals surface area contributed by atoms with Crippen LogP contribution in [0.5, 0.6) is 0 Å². The molecule has 1 heterocycles. The lowest BCUT2D eigenvalue weighted by atomic mass is 10.0. The van der Waals surface area contributed by atoms with Crippen LogP contribution in [0, 0.1) is 5.92 Å². The Bertz CT molecular complexity index is 488. The van der Waals surface area contributed by atoms with Crippen LogP contribution in [-0.2, 0) is 0 Å². The van der Waals surface area contributed by atoms with Crippen LogP contribution in [0.1, 0.15) is 84.0 Å². The van der Waals surface area contributed by atoms with E-state index in [1.54, 1.807) is 0 Å². The van der Waals surface area contributed by atoms with Crippen LogP contribution in [0.15, 0.2) is 24.3 Å². The van der Waals surface area contributed by atoms with Crippen molar-refractivity contribution in [3.63, 3.8) is 0 Å². The number of benzene rings is 1. The maximum Gasteiger partial charge on any atom is 0.165 e. The number of hydrogen-bond donors (Lipinski definition) is 1. The van der Waals surface area contributed by atoms with Crippen molar-refractivity contribution < 1.29 is 9.90 Å². The highest BCUT2D eigenvalue weighted by Gasteiger charge is 2.17. The van der Waals surface area contributed by atoms with Gasteiger partial charge < -0.3 is 10.0 Å². The molecule has 1 saturated heterocycles. The molecular formula is C24H44N2O2. The molecule has 1 aliphatic heterocycles. The number of piperazine rings is 1. The molecule has 1 N–H and O–H groups in total.